The Bertz CT molecular complexity index is 570. The van der Waals surface area contributed by atoms with Crippen LogP contribution in [0.5, 0.6) is 0 Å². The Balaban J connectivity index is 1.37. The Morgan fingerprint density at radius 1 is 1.04 bits per heavy atom. The first-order chi connectivity index (χ1) is 12.3. The van der Waals surface area contributed by atoms with Crippen LogP contribution < -0.4 is 5.32 Å². The van der Waals surface area contributed by atoms with Crippen molar-refractivity contribution in [3.63, 3.8) is 0 Å². The van der Waals surface area contributed by atoms with Crippen LogP contribution in [0.3, 0.4) is 0 Å². The fourth-order valence-corrected chi connectivity index (χ4v) is 5.05. The lowest BCUT2D eigenvalue weighted by atomic mass is 9.82. The zero-order chi connectivity index (χ0) is 17.1. The Morgan fingerprint density at radius 3 is 2.64 bits per heavy atom. The van der Waals surface area contributed by atoms with E-state index in [0.717, 1.165) is 52.0 Å². The van der Waals surface area contributed by atoms with Crippen LogP contribution in [0.2, 0.25) is 0 Å². The molecule has 3 aliphatic heterocycles. The lowest BCUT2D eigenvalue weighted by molar-refractivity contribution is -0.140. The molecule has 0 saturated carbocycles. The van der Waals surface area contributed by atoms with Crippen molar-refractivity contribution in [2.45, 2.75) is 44.7 Å². The number of carbonyl (C=O) groups excluding carboxylic acids is 1. The van der Waals surface area contributed by atoms with Crippen molar-refractivity contribution in [3.05, 3.63) is 35.9 Å². The maximum atomic E-state index is 12.9. The van der Waals surface area contributed by atoms with Gasteiger partial charge < -0.3 is 10.2 Å². The van der Waals surface area contributed by atoms with Gasteiger partial charge in [0, 0.05) is 31.6 Å². The van der Waals surface area contributed by atoms with Gasteiger partial charge in [0.2, 0.25) is 5.91 Å². The molecule has 0 spiro atoms. The lowest BCUT2D eigenvalue weighted by Crippen LogP contribution is -2.56. The molecule has 3 fully saturated rings. The predicted molar refractivity (Wildman–Crippen MR) is 100 cm³/mol. The third-order valence-electron chi connectivity index (χ3n) is 6.41. The third-order valence-corrected chi connectivity index (χ3v) is 6.41. The van der Waals surface area contributed by atoms with Crippen LogP contribution in [0.4, 0.5) is 0 Å². The number of amides is 1. The molecule has 2 unspecified atom stereocenters. The highest BCUT2D eigenvalue weighted by molar-refractivity contribution is 5.79. The molecule has 1 N–H and O–H groups in total. The summed E-state index contributed by atoms with van der Waals surface area (Å²) in [6, 6.07) is 11.5. The summed E-state index contributed by atoms with van der Waals surface area (Å²) in [6.07, 6.45) is 5.73. The van der Waals surface area contributed by atoms with Gasteiger partial charge in [0.25, 0.3) is 0 Å². The molecule has 0 radical (unpaired) electrons. The first-order valence-electron chi connectivity index (χ1n) is 10.1. The van der Waals surface area contributed by atoms with E-state index in [2.05, 4.69) is 45.4 Å². The predicted octanol–water partition coefficient (Wildman–Crippen LogP) is 2.50. The Kier molecular flexibility index (Phi) is 5.37. The van der Waals surface area contributed by atoms with E-state index in [-0.39, 0.29) is 5.92 Å². The monoisotopic (exact) mass is 341 g/mol. The van der Waals surface area contributed by atoms with Gasteiger partial charge in [-0.05, 0) is 63.2 Å². The molecule has 1 amide bonds. The van der Waals surface area contributed by atoms with Crippen LogP contribution in [-0.4, -0.2) is 54.5 Å². The van der Waals surface area contributed by atoms with Gasteiger partial charge in [0.1, 0.15) is 0 Å². The quantitative estimate of drug-likeness (QED) is 0.917. The Labute approximate surface area is 151 Å². The molecule has 0 bridgehead atoms. The number of benzene rings is 1. The molecule has 3 aliphatic rings. The molecule has 1 aromatic carbocycles. The summed E-state index contributed by atoms with van der Waals surface area (Å²) < 4.78 is 0. The number of carbonyl (C=O) groups is 1. The van der Waals surface area contributed by atoms with E-state index in [4.69, 9.17) is 0 Å². The van der Waals surface area contributed by atoms with Crippen molar-refractivity contribution in [2.75, 3.05) is 32.7 Å². The van der Waals surface area contributed by atoms with E-state index in [1.807, 2.05) is 0 Å². The average molecular weight is 341 g/mol. The molecule has 0 aromatic heterocycles. The average Bonchev–Trinajstić information content (AvgIpc) is 2.69. The van der Waals surface area contributed by atoms with Crippen molar-refractivity contribution in [1.29, 1.82) is 0 Å². The maximum absolute atomic E-state index is 12.9. The second-order valence-electron chi connectivity index (χ2n) is 8.02. The van der Waals surface area contributed by atoms with Crippen LogP contribution in [0.25, 0.3) is 0 Å². The van der Waals surface area contributed by atoms with Gasteiger partial charge in [-0.25, -0.2) is 0 Å². The molecule has 4 heteroatoms. The highest BCUT2D eigenvalue weighted by Crippen LogP contribution is 2.32. The minimum absolute atomic E-state index is 0.266. The van der Waals surface area contributed by atoms with E-state index in [9.17, 15) is 4.79 Å². The summed E-state index contributed by atoms with van der Waals surface area (Å²) in [5.41, 5.74) is 1.41. The van der Waals surface area contributed by atoms with Crippen molar-refractivity contribution >= 4 is 5.91 Å². The molecular weight excluding hydrogens is 310 g/mol. The van der Waals surface area contributed by atoms with Gasteiger partial charge >= 0.3 is 0 Å². The summed E-state index contributed by atoms with van der Waals surface area (Å²) in [6.45, 7) is 6.21. The van der Waals surface area contributed by atoms with Gasteiger partial charge in [0.15, 0.2) is 0 Å². The highest BCUT2D eigenvalue weighted by atomic mass is 16.2. The summed E-state index contributed by atoms with van der Waals surface area (Å²) in [4.78, 5) is 17.8. The molecule has 136 valence electrons. The van der Waals surface area contributed by atoms with Gasteiger partial charge in [-0.2, -0.15) is 0 Å². The third kappa shape index (κ3) is 3.90. The fourth-order valence-electron chi connectivity index (χ4n) is 5.05. The van der Waals surface area contributed by atoms with E-state index in [0.29, 0.717) is 17.9 Å². The maximum Gasteiger partial charge on any atom is 0.225 e. The fraction of sp³-hybridized carbons (Fsp3) is 0.667. The number of likely N-dealkylation sites (tertiary alicyclic amines) is 2. The number of hydrogen-bond acceptors (Lipinski definition) is 3. The molecule has 4 rings (SSSR count). The minimum Gasteiger partial charge on any atom is -0.342 e. The number of hydrogen-bond donors (Lipinski definition) is 1. The van der Waals surface area contributed by atoms with Gasteiger partial charge in [-0.15, -0.1) is 0 Å². The van der Waals surface area contributed by atoms with E-state index in [1.54, 1.807) is 0 Å². The van der Waals surface area contributed by atoms with Gasteiger partial charge in [-0.1, -0.05) is 30.3 Å². The summed E-state index contributed by atoms with van der Waals surface area (Å²) in [7, 11) is 0. The lowest BCUT2D eigenvalue weighted by Gasteiger charge is -2.48. The minimum atomic E-state index is 0.266. The Morgan fingerprint density at radius 2 is 1.84 bits per heavy atom. The largest absolute Gasteiger partial charge is 0.342 e. The topological polar surface area (TPSA) is 35.6 Å². The highest BCUT2D eigenvalue weighted by Gasteiger charge is 2.38. The normalized spacial score (nSPS) is 28.6. The van der Waals surface area contributed by atoms with E-state index < -0.39 is 0 Å². The smallest absolute Gasteiger partial charge is 0.225 e. The zero-order valence-corrected chi connectivity index (χ0v) is 15.2. The first kappa shape index (κ1) is 17.0. The zero-order valence-electron chi connectivity index (χ0n) is 15.2. The van der Waals surface area contributed by atoms with Crippen LogP contribution in [0.15, 0.2) is 30.3 Å². The summed E-state index contributed by atoms with van der Waals surface area (Å²) >= 11 is 0. The molecule has 25 heavy (non-hydrogen) atoms. The van der Waals surface area contributed by atoms with Crippen LogP contribution in [0.1, 0.15) is 37.7 Å². The summed E-state index contributed by atoms with van der Waals surface area (Å²) in [5, 5.41) is 3.37. The molecule has 2 atom stereocenters. The first-order valence-corrected chi connectivity index (χ1v) is 10.1. The standard InChI is InChI=1S/C21H31N3O/c25-21(18-8-11-22-12-9-18)24-14-10-20-19(16-24)7-4-13-23(20)15-17-5-2-1-3-6-17/h1-3,5-6,18-20,22H,4,7-16H2. The SMILES string of the molecule is O=C(C1CCNCC1)N1CCC2C(CCCN2Cc2ccccc2)C1. The number of nitrogens with one attached hydrogen (secondary N) is 1. The second-order valence-corrected chi connectivity index (χ2v) is 8.02. The molecule has 3 heterocycles. The van der Waals surface area contributed by atoms with Gasteiger partial charge in [-0.3, -0.25) is 9.69 Å². The van der Waals surface area contributed by atoms with Crippen LogP contribution >= 0.6 is 0 Å². The van der Waals surface area contributed by atoms with Crippen LogP contribution in [0, 0.1) is 11.8 Å². The number of fused-ring (bicyclic) bond motifs is 1. The van der Waals surface area contributed by atoms with Crippen molar-refractivity contribution < 1.29 is 4.79 Å². The van der Waals surface area contributed by atoms with Crippen molar-refractivity contribution in [1.82, 2.24) is 15.1 Å². The van der Waals surface area contributed by atoms with Crippen molar-refractivity contribution in [3.8, 4) is 0 Å². The molecular formula is C21H31N3O. The van der Waals surface area contributed by atoms with E-state index in [1.165, 1.54) is 24.9 Å². The van der Waals surface area contributed by atoms with E-state index >= 15 is 0 Å². The number of piperidine rings is 3. The Hall–Kier alpha value is -1.39. The number of rotatable bonds is 3. The molecule has 3 saturated heterocycles. The van der Waals surface area contributed by atoms with Crippen LogP contribution in [-0.2, 0) is 11.3 Å². The summed E-state index contributed by atoms with van der Waals surface area (Å²) in [5.74, 6) is 1.36. The van der Waals surface area contributed by atoms with Gasteiger partial charge in [0.05, 0.1) is 0 Å². The molecule has 4 nitrogen and oxygen atoms in total. The molecule has 0 aliphatic carbocycles. The number of nitrogens with zero attached hydrogens (tertiary/aromatic N) is 2. The second kappa shape index (κ2) is 7.88. The van der Waals surface area contributed by atoms with Crippen molar-refractivity contribution in [2.24, 2.45) is 11.8 Å². The molecule has 1 aromatic rings.